The number of hydroxylamine groups is 2. The van der Waals surface area contributed by atoms with Crippen LogP contribution in [0.5, 0.6) is 0 Å². The van der Waals surface area contributed by atoms with Crippen LogP contribution < -0.4 is 5.32 Å². The minimum Gasteiger partial charge on any atom is -0.450 e. The van der Waals surface area contributed by atoms with Crippen molar-refractivity contribution in [2.75, 3.05) is 26.4 Å². The summed E-state index contributed by atoms with van der Waals surface area (Å²) in [5.74, 6) is -1.18. The van der Waals surface area contributed by atoms with Gasteiger partial charge in [0.2, 0.25) is 0 Å². The van der Waals surface area contributed by atoms with Crippen LogP contribution in [0.25, 0.3) is 0 Å². The van der Waals surface area contributed by atoms with Gasteiger partial charge in [0.25, 0.3) is 11.8 Å². The fraction of sp³-hybridized carbons (Fsp3) is 0.444. The molecular formula is C18H26N3O9P. The van der Waals surface area contributed by atoms with E-state index in [0.29, 0.717) is 17.1 Å². The number of ether oxygens (including phenoxy) is 1. The lowest BCUT2D eigenvalue weighted by Gasteiger charge is -2.17. The number of hydrogen-bond donors (Lipinski definition) is 3. The molecule has 13 heteroatoms. The summed E-state index contributed by atoms with van der Waals surface area (Å²) in [5, 5.41) is 2.92. The minimum absolute atomic E-state index is 0.00466. The summed E-state index contributed by atoms with van der Waals surface area (Å²) in [6, 6.07) is 0. The van der Waals surface area contributed by atoms with E-state index in [1.165, 1.54) is 25.4 Å². The molecule has 1 aliphatic heterocycles. The summed E-state index contributed by atoms with van der Waals surface area (Å²) in [6.07, 6.45) is 4.41. The van der Waals surface area contributed by atoms with Gasteiger partial charge in [-0.2, -0.15) is 0 Å². The summed E-state index contributed by atoms with van der Waals surface area (Å²) >= 11 is 0. The Kier molecular flexibility index (Phi) is 10.7. The second kappa shape index (κ2) is 12.7. The number of amides is 4. The Hall–Kier alpha value is -2.95. The number of hydrogen-bond acceptors (Lipinski definition) is 7. The lowest BCUT2D eigenvalue weighted by molar-refractivity contribution is -0.172. The summed E-state index contributed by atoms with van der Waals surface area (Å²) in [5.41, 5.74) is 0.543. The number of nitrogens with one attached hydrogen (secondary N) is 1. The molecule has 0 saturated carbocycles. The molecule has 1 fully saturated rings. The smallest absolute Gasteiger partial charge is 0.438 e. The maximum absolute atomic E-state index is 12.0. The first-order chi connectivity index (χ1) is 14.5. The van der Waals surface area contributed by atoms with Crippen molar-refractivity contribution in [3.8, 4) is 0 Å². The van der Waals surface area contributed by atoms with Crippen LogP contribution in [0.2, 0.25) is 0 Å². The highest BCUT2D eigenvalue weighted by molar-refractivity contribution is 7.51. The van der Waals surface area contributed by atoms with Gasteiger partial charge in [0, 0.05) is 38.8 Å². The summed E-state index contributed by atoms with van der Waals surface area (Å²) in [7, 11) is -2.70. The minimum atomic E-state index is -4.05. The first-order valence-corrected chi connectivity index (χ1v) is 11.1. The largest absolute Gasteiger partial charge is 0.450 e. The Labute approximate surface area is 179 Å². The van der Waals surface area contributed by atoms with Crippen molar-refractivity contribution in [2.45, 2.75) is 25.7 Å². The van der Waals surface area contributed by atoms with E-state index in [9.17, 15) is 23.7 Å². The SMILES string of the molecule is C=C/C=C(\C=C/N(C)C(=O)ON1C(=O)CCC1=O)CNC(=O)OCCCCP(=O)(O)O. The molecule has 1 aliphatic rings. The van der Waals surface area contributed by atoms with Crippen molar-refractivity contribution in [3.63, 3.8) is 0 Å². The average molecular weight is 459 g/mol. The number of rotatable bonds is 11. The standard InChI is InChI=1S/C18H26N3O9P/c1-3-6-14(13-19-17(24)29-11-4-5-12-31(26,27)28)9-10-20(2)18(25)30-21-15(22)7-8-16(21)23/h3,6,9-10H,1,4-5,7-8,11-13H2,2H3,(H,19,24)(H2,26,27,28)/b10-9-,14-6+. The Morgan fingerprint density at radius 1 is 1.26 bits per heavy atom. The zero-order chi connectivity index (χ0) is 23.4. The van der Waals surface area contributed by atoms with Gasteiger partial charge in [-0.3, -0.25) is 19.1 Å². The van der Waals surface area contributed by atoms with Crippen LogP contribution in [-0.4, -0.2) is 70.1 Å². The van der Waals surface area contributed by atoms with Gasteiger partial charge in [0.05, 0.1) is 6.61 Å². The maximum atomic E-state index is 12.0. The van der Waals surface area contributed by atoms with Gasteiger partial charge in [0.1, 0.15) is 0 Å². The van der Waals surface area contributed by atoms with Gasteiger partial charge in [-0.1, -0.05) is 18.7 Å². The molecule has 1 rings (SSSR count). The van der Waals surface area contributed by atoms with Crippen molar-refractivity contribution in [1.82, 2.24) is 15.3 Å². The molecule has 0 aromatic heterocycles. The second-order valence-corrected chi connectivity index (χ2v) is 8.20. The summed E-state index contributed by atoms with van der Waals surface area (Å²) < 4.78 is 15.6. The normalized spacial score (nSPS) is 14.7. The van der Waals surface area contributed by atoms with Crippen molar-refractivity contribution in [2.24, 2.45) is 0 Å². The zero-order valence-corrected chi connectivity index (χ0v) is 18.0. The fourth-order valence-corrected chi connectivity index (χ4v) is 2.84. The molecular weight excluding hydrogens is 433 g/mol. The van der Waals surface area contributed by atoms with Crippen molar-refractivity contribution in [3.05, 3.63) is 36.6 Å². The third kappa shape index (κ3) is 10.6. The lowest BCUT2D eigenvalue weighted by Crippen LogP contribution is -2.36. The highest BCUT2D eigenvalue weighted by atomic mass is 31.2. The third-order valence-electron chi connectivity index (χ3n) is 3.82. The number of nitrogens with zero attached hydrogens (tertiary/aromatic N) is 2. The second-order valence-electron chi connectivity index (χ2n) is 6.43. The first-order valence-electron chi connectivity index (χ1n) is 9.29. The van der Waals surface area contributed by atoms with Crippen LogP contribution >= 0.6 is 7.60 Å². The van der Waals surface area contributed by atoms with E-state index in [1.807, 2.05) is 0 Å². The molecule has 1 saturated heterocycles. The third-order valence-corrected chi connectivity index (χ3v) is 4.72. The van der Waals surface area contributed by atoms with Gasteiger partial charge in [-0.15, -0.1) is 5.06 Å². The molecule has 31 heavy (non-hydrogen) atoms. The molecule has 0 bridgehead atoms. The monoisotopic (exact) mass is 459 g/mol. The molecule has 4 amide bonds. The van der Waals surface area contributed by atoms with E-state index in [-0.39, 0.29) is 38.6 Å². The zero-order valence-electron chi connectivity index (χ0n) is 17.1. The predicted molar refractivity (Wildman–Crippen MR) is 108 cm³/mol. The van der Waals surface area contributed by atoms with E-state index in [0.717, 1.165) is 4.90 Å². The molecule has 0 radical (unpaired) electrons. The van der Waals surface area contributed by atoms with Crippen molar-refractivity contribution in [1.29, 1.82) is 0 Å². The summed E-state index contributed by atoms with van der Waals surface area (Å²) in [4.78, 5) is 69.9. The van der Waals surface area contributed by atoms with E-state index in [4.69, 9.17) is 19.4 Å². The van der Waals surface area contributed by atoms with Gasteiger partial charge in [-0.25, -0.2) is 9.59 Å². The molecule has 0 aromatic rings. The van der Waals surface area contributed by atoms with Crippen LogP contribution in [0.3, 0.4) is 0 Å². The quantitative estimate of drug-likeness (QED) is 0.179. The fourth-order valence-electron chi connectivity index (χ4n) is 2.20. The number of allylic oxidation sites excluding steroid dienone is 2. The van der Waals surface area contributed by atoms with Gasteiger partial charge in [-0.05, 0) is 24.5 Å². The van der Waals surface area contributed by atoms with Crippen LogP contribution in [0.1, 0.15) is 25.7 Å². The Morgan fingerprint density at radius 3 is 2.48 bits per heavy atom. The number of unbranched alkanes of at least 4 members (excludes halogenated alkanes) is 1. The molecule has 0 aromatic carbocycles. The van der Waals surface area contributed by atoms with Crippen LogP contribution in [0, 0.1) is 0 Å². The van der Waals surface area contributed by atoms with Crippen LogP contribution in [0.4, 0.5) is 9.59 Å². The Balaban J connectivity index is 2.43. The predicted octanol–water partition coefficient (Wildman–Crippen LogP) is 1.43. The van der Waals surface area contributed by atoms with E-state index >= 15 is 0 Å². The van der Waals surface area contributed by atoms with Gasteiger partial charge >= 0.3 is 19.8 Å². The first kappa shape index (κ1) is 26.1. The van der Waals surface area contributed by atoms with Gasteiger partial charge in [0.15, 0.2) is 0 Å². The Morgan fingerprint density at radius 2 is 1.90 bits per heavy atom. The van der Waals surface area contributed by atoms with Crippen LogP contribution in [-0.2, 0) is 23.7 Å². The molecule has 0 aliphatic carbocycles. The molecule has 0 unspecified atom stereocenters. The van der Waals surface area contributed by atoms with E-state index in [2.05, 4.69) is 11.9 Å². The number of carbonyl (C=O) groups is 4. The molecule has 3 N–H and O–H groups in total. The molecule has 0 spiro atoms. The lowest BCUT2D eigenvalue weighted by atomic mass is 10.2. The Bertz CT molecular complexity index is 787. The van der Waals surface area contributed by atoms with Gasteiger partial charge < -0.3 is 24.7 Å². The highest BCUT2D eigenvalue weighted by Crippen LogP contribution is 2.35. The highest BCUT2D eigenvalue weighted by Gasteiger charge is 2.33. The average Bonchev–Trinajstić information content (AvgIpc) is 3.00. The molecule has 172 valence electrons. The van der Waals surface area contributed by atoms with Crippen molar-refractivity contribution < 1.29 is 43.1 Å². The van der Waals surface area contributed by atoms with Crippen LogP contribution in [0.15, 0.2) is 36.6 Å². The summed E-state index contributed by atoms with van der Waals surface area (Å²) in [6.45, 7) is 3.60. The van der Waals surface area contributed by atoms with Crippen molar-refractivity contribution >= 4 is 31.6 Å². The maximum Gasteiger partial charge on any atom is 0.438 e. The molecule has 0 atom stereocenters. The van der Waals surface area contributed by atoms with E-state index < -0.39 is 31.6 Å². The topological polar surface area (TPSA) is 163 Å². The molecule has 1 heterocycles. The number of carbonyl (C=O) groups excluding carboxylic acids is 4. The number of alkyl carbamates (subject to hydrolysis) is 1. The molecule has 12 nitrogen and oxygen atoms in total. The van der Waals surface area contributed by atoms with E-state index in [1.54, 1.807) is 6.08 Å². The number of imide groups is 1.